The van der Waals surface area contributed by atoms with Gasteiger partial charge in [-0.3, -0.25) is 9.59 Å². The topological polar surface area (TPSA) is 66.8 Å². The van der Waals surface area contributed by atoms with Crippen molar-refractivity contribution in [3.8, 4) is 22.8 Å². The third kappa shape index (κ3) is 3.99. The Balaban J connectivity index is 2.24. The van der Waals surface area contributed by atoms with Crippen molar-refractivity contribution in [1.82, 2.24) is 4.57 Å². The first-order valence-electron chi connectivity index (χ1n) is 10.4. The van der Waals surface area contributed by atoms with Crippen molar-refractivity contribution in [3.05, 3.63) is 45.5 Å². The number of fused-ring (bicyclic) bond motifs is 3. The molecule has 2 aromatic rings. The summed E-state index contributed by atoms with van der Waals surface area (Å²) >= 11 is 0. The molecule has 1 atom stereocenters. The summed E-state index contributed by atoms with van der Waals surface area (Å²) < 4.78 is 42.3. The van der Waals surface area contributed by atoms with Gasteiger partial charge in [0.2, 0.25) is 5.43 Å². The Morgan fingerprint density at radius 3 is 2.63 bits per heavy atom. The molecule has 0 aliphatic carbocycles. The average molecular weight is 418 g/mol. The van der Waals surface area contributed by atoms with Crippen molar-refractivity contribution in [3.63, 3.8) is 0 Å². The van der Waals surface area contributed by atoms with Gasteiger partial charge < -0.3 is 18.8 Å². The molecule has 162 valence electrons. The van der Waals surface area contributed by atoms with Gasteiger partial charge in [-0.2, -0.15) is 0 Å². The van der Waals surface area contributed by atoms with E-state index >= 15 is 4.39 Å². The second kappa shape index (κ2) is 9.00. The number of ether oxygens (including phenoxy) is 3. The molecule has 0 fully saturated rings. The van der Waals surface area contributed by atoms with Crippen LogP contribution in [0.5, 0.6) is 11.5 Å². The highest BCUT2D eigenvalue weighted by Crippen LogP contribution is 2.43. The SMILES string of the molecule is [2H][C@@]1(C(C)C)Cc2cc(OCCCOC)c(OC)cc2-c2c(F)c(=O)c(C(C)=O)cn21. The molecule has 7 heteroatoms. The monoisotopic (exact) mass is 418 g/mol. The van der Waals surface area contributed by atoms with Gasteiger partial charge in [0.25, 0.3) is 0 Å². The largest absolute Gasteiger partial charge is 0.493 e. The molecule has 0 unspecified atom stereocenters. The predicted molar refractivity (Wildman–Crippen MR) is 112 cm³/mol. The molecule has 3 rings (SSSR count). The molecule has 1 aromatic carbocycles. The van der Waals surface area contributed by atoms with E-state index in [0.717, 1.165) is 0 Å². The highest BCUT2D eigenvalue weighted by Gasteiger charge is 2.32. The number of halogens is 1. The number of hydrogen-bond acceptors (Lipinski definition) is 5. The number of carbonyl (C=O) groups is 1. The minimum absolute atomic E-state index is 0.0100. The van der Waals surface area contributed by atoms with Gasteiger partial charge in [0, 0.05) is 37.9 Å². The first kappa shape index (κ1) is 20.6. The van der Waals surface area contributed by atoms with Gasteiger partial charge in [0.1, 0.15) is 0 Å². The first-order chi connectivity index (χ1) is 14.7. The fourth-order valence-corrected chi connectivity index (χ4v) is 3.70. The van der Waals surface area contributed by atoms with Gasteiger partial charge in [0.05, 0.1) is 26.3 Å². The maximum absolute atomic E-state index is 15.4. The maximum Gasteiger partial charge on any atom is 0.228 e. The Morgan fingerprint density at radius 1 is 1.30 bits per heavy atom. The van der Waals surface area contributed by atoms with Gasteiger partial charge in [-0.1, -0.05) is 13.8 Å². The van der Waals surface area contributed by atoms with E-state index in [1.165, 1.54) is 24.8 Å². The number of benzene rings is 1. The molecule has 0 N–H and O–H groups in total. The summed E-state index contributed by atoms with van der Waals surface area (Å²) in [6.45, 7) is 5.90. The number of carbonyl (C=O) groups excluding carboxylic acids is 1. The summed E-state index contributed by atoms with van der Waals surface area (Å²) in [4.78, 5) is 24.5. The van der Waals surface area contributed by atoms with Crippen LogP contribution in [-0.2, 0) is 11.2 Å². The first-order valence-corrected chi connectivity index (χ1v) is 9.95. The van der Waals surface area contributed by atoms with Crippen molar-refractivity contribution < 1.29 is 24.8 Å². The summed E-state index contributed by atoms with van der Waals surface area (Å²) in [5.74, 6) is -0.920. The lowest BCUT2D eigenvalue weighted by Gasteiger charge is -2.34. The molecule has 6 nitrogen and oxygen atoms in total. The number of methoxy groups -OCH3 is 2. The lowest BCUT2D eigenvalue weighted by Crippen LogP contribution is -2.30. The van der Waals surface area contributed by atoms with Crippen molar-refractivity contribution in [2.75, 3.05) is 27.4 Å². The van der Waals surface area contributed by atoms with Crippen molar-refractivity contribution in [2.24, 2.45) is 5.92 Å². The van der Waals surface area contributed by atoms with Gasteiger partial charge in [-0.05, 0) is 37.0 Å². The van der Waals surface area contributed by atoms with Crippen LogP contribution in [0.1, 0.15) is 50.5 Å². The van der Waals surface area contributed by atoms with E-state index < -0.39 is 23.0 Å². The molecule has 1 aliphatic heterocycles. The molecule has 0 saturated carbocycles. The van der Waals surface area contributed by atoms with E-state index in [1.807, 2.05) is 13.8 Å². The summed E-state index contributed by atoms with van der Waals surface area (Å²) in [7, 11) is 3.10. The van der Waals surface area contributed by atoms with Crippen LogP contribution in [0.2, 0.25) is 0 Å². The second-order valence-corrected chi connectivity index (χ2v) is 7.64. The van der Waals surface area contributed by atoms with E-state index in [-0.39, 0.29) is 23.6 Å². The zero-order chi connectivity index (χ0) is 22.9. The molecular weight excluding hydrogens is 389 g/mol. The van der Waals surface area contributed by atoms with E-state index in [0.29, 0.717) is 42.3 Å². The molecule has 0 saturated heterocycles. The fourth-order valence-electron chi connectivity index (χ4n) is 3.70. The molecule has 0 bridgehead atoms. The standard InChI is InChI=1S/C23H28FNO5/c1-13(2)18-9-15-10-20(30-8-6-7-28-4)19(29-5)11-16(15)22-21(24)23(27)17(14(3)26)12-25(18)22/h10-13,18H,6-9H2,1-5H3/t18-/m0/s1/i18D. The quantitative estimate of drug-likeness (QED) is 0.478. The minimum Gasteiger partial charge on any atom is -0.493 e. The number of rotatable bonds is 8. The summed E-state index contributed by atoms with van der Waals surface area (Å²) in [6.07, 6.45) is 2.26. The van der Waals surface area contributed by atoms with Crippen molar-refractivity contribution in [1.29, 1.82) is 0 Å². The molecule has 2 heterocycles. The lowest BCUT2D eigenvalue weighted by atomic mass is 9.86. The maximum atomic E-state index is 15.4. The number of hydrogen-bond donors (Lipinski definition) is 0. The van der Waals surface area contributed by atoms with Gasteiger partial charge >= 0.3 is 0 Å². The number of nitrogens with zero attached hydrogens (tertiary/aromatic N) is 1. The number of Topliss-reactive ketones (excluding diaryl/α,β-unsaturated/α-hetero) is 1. The third-order valence-electron chi connectivity index (χ3n) is 5.27. The Morgan fingerprint density at radius 2 is 2.03 bits per heavy atom. The smallest absolute Gasteiger partial charge is 0.228 e. The van der Waals surface area contributed by atoms with Crippen LogP contribution in [0, 0.1) is 11.7 Å². The predicted octanol–water partition coefficient (Wildman–Crippen LogP) is 4.03. The summed E-state index contributed by atoms with van der Waals surface area (Å²) in [6, 6.07) is 2.09. The molecular formula is C23H28FNO5. The van der Waals surface area contributed by atoms with Crippen LogP contribution >= 0.6 is 0 Å². The highest BCUT2D eigenvalue weighted by atomic mass is 19.1. The van der Waals surface area contributed by atoms with E-state index in [9.17, 15) is 9.59 Å². The molecule has 0 amide bonds. The normalized spacial score (nSPS) is 17.9. The average Bonchev–Trinajstić information content (AvgIpc) is 2.72. The number of ketones is 1. The summed E-state index contributed by atoms with van der Waals surface area (Å²) in [5, 5.41) is 0. The van der Waals surface area contributed by atoms with Crippen molar-refractivity contribution in [2.45, 2.75) is 39.6 Å². The zero-order valence-electron chi connectivity index (χ0n) is 19.0. The molecule has 1 aliphatic rings. The van der Waals surface area contributed by atoms with Gasteiger partial charge in [-0.15, -0.1) is 0 Å². The van der Waals surface area contributed by atoms with E-state index in [4.69, 9.17) is 15.6 Å². The Labute approximate surface area is 177 Å². The second-order valence-electron chi connectivity index (χ2n) is 7.64. The Hall–Kier alpha value is -2.67. The van der Waals surface area contributed by atoms with E-state index in [2.05, 4.69) is 0 Å². The molecule has 0 spiro atoms. The van der Waals surface area contributed by atoms with Crippen LogP contribution < -0.4 is 14.9 Å². The minimum atomic E-state index is -1.29. The van der Waals surface area contributed by atoms with Crippen LogP contribution in [0.25, 0.3) is 11.3 Å². The van der Waals surface area contributed by atoms with Gasteiger partial charge in [-0.25, -0.2) is 4.39 Å². The van der Waals surface area contributed by atoms with Crippen LogP contribution in [0.3, 0.4) is 0 Å². The Bertz CT molecular complexity index is 1060. The Kier molecular flexibility index (Phi) is 6.18. The highest BCUT2D eigenvalue weighted by molar-refractivity contribution is 5.94. The van der Waals surface area contributed by atoms with Crippen LogP contribution in [0.15, 0.2) is 23.1 Å². The number of aromatic nitrogens is 1. The zero-order valence-corrected chi connectivity index (χ0v) is 18.0. The van der Waals surface area contributed by atoms with Crippen molar-refractivity contribution >= 4 is 5.78 Å². The van der Waals surface area contributed by atoms with Gasteiger partial charge in [0.15, 0.2) is 23.1 Å². The van der Waals surface area contributed by atoms with Crippen LogP contribution in [-0.4, -0.2) is 37.8 Å². The molecule has 0 radical (unpaired) electrons. The fraction of sp³-hybridized carbons (Fsp3) is 0.478. The van der Waals surface area contributed by atoms with E-state index in [1.54, 1.807) is 19.2 Å². The molecule has 30 heavy (non-hydrogen) atoms. The third-order valence-corrected chi connectivity index (χ3v) is 5.27. The molecule has 1 aromatic heterocycles. The lowest BCUT2D eigenvalue weighted by molar-refractivity contribution is 0.101. The summed E-state index contributed by atoms with van der Waals surface area (Å²) in [5.41, 5.74) is -0.0952. The van der Waals surface area contributed by atoms with Crippen LogP contribution in [0.4, 0.5) is 4.39 Å². The number of pyridine rings is 1.